The molecule has 0 spiro atoms. The predicted octanol–water partition coefficient (Wildman–Crippen LogP) is 2.02. The first-order valence-corrected chi connectivity index (χ1v) is 8.42. The zero-order valence-electron chi connectivity index (χ0n) is 14.6. The highest BCUT2D eigenvalue weighted by Crippen LogP contribution is 2.24. The van der Waals surface area contributed by atoms with Gasteiger partial charge in [-0.3, -0.25) is 4.79 Å². The lowest BCUT2D eigenvalue weighted by atomic mass is 9.87. The monoisotopic (exact) mass is 308 g/mol. The Bertz CT molecular complexity index is 400. The molecule has 0 aromatic rings. The molecule has 0 aromatic heterocycles. The second kappa shape index (κ2) is 7.94. The van der Waals surface area contributed by atoms with E-state index in [0.29, 0.717) is 19.3 Å². The molecule has 5 nitrogen and oxygen atoms in total. The quantitative estimate of drug-likeness (QED) is 0.786. The number of amides is 1. The summed E-state index contributed by atoms with van der Waals surface area (Å²) >= 11 is 0. The number of nitriles is 1. The summed E-state index contributed by atoms with van der Waals surface area (Å²) in [7, 11) is 0. The molecule has 1 aliphatic heterocycles. The molecule has 0 bridgehead atoms. The van der Waals surface area contributed by atoms with Crippen molar-refractivity contribution in [2.24, 2.45) is 11.1 Å². The van der Waals surface area contributed by atoms with Crippen LogP contribution in [0.1, 0.15) is 59.8 Å². The van der Waals surface area contributed by atoms with Crippen LogP contribution in [0.5, 0.6) is 0 Å². The van der Waals surface area contributed by atoms with Crippen molar-refractivity contribution in [1.29, 1.82) is 5.26 Å². The van der Waals surface area contributed by atoms with Gasteiger partial charge in [0, 0.05) is 13.1 Å². The summed E-state index contributed by atoms with van der Waals surface area (Å²) in [6.07, 6.45) is 4.02. The van der Waals surface area contributed by atoms with Crippen LogP contribution in [-0.4, -0.2) is 42.0 Å². The van der Waals surface area contributed by atoms with Crippen molar-refractivity contribution in [3.05, 3.63) is 0 Å². The van der Waals surface area contributed by atoms with E-state index in [4.69, 9.17) is 5.73 Å². The lowest BCUT2D eigenvalue weighted by Crippen LogP contribution is -2.57. The maximum Gasteiger partial charge on any atom is 0.238 e. The maximum absolute atomic E-state index is 12.3. The van der Waals surface area contributed by atoms with Gasteiger partial charge in [-0.15, -0.1) is 0 Å². The Hall–Kier alpha value is -1.12. The molecule has 3 N–H and O–H groups in total. The molecule has 0 aliphatic carbocycles. The number of nitrogens with one attached hydrogen (secondary N) is 1. The number of hydrogen-bond acceptors (Lipinski definition) is 4. The van der Waals surface area contributed by atoms with E-state index in [1.54, 1.807) is 0 Å². The number of carbonyl (C=O) groups excluding carboxylic acids is 1. The van der Waals surface area contributed by atoms with Gasteiger partial charge in [-0.05, 0) is 44.1 Å². The number of likely N-dealkylation sites (tertiary alicyclic amines) is 1. The minimum absolute atomic E-state index is 0.163. The van der Waals surface area contributed by atoms with E-state index >= 15 is 0 Å². The molecular weight excluding hydrogens is 276 g/mol. The first kappa shape index (κ1) is 18.9. The normalized spacial score (nSPS) is 20.2. The van der Waals surface area contributed by atoms with E-state index in [9.17, 15) is 10.1 Å². The highest BCUT2D eigenvalue weighted by molar-refractivity contribution is 5.82. The topological polar surface area (TPSA) is 82.2 Å². The third kappa shape index (κ3) is 5.94. The number of carbonyl (C=O) groups is 1. The van der Waals surface area contributed by atoms with E-state index < -0.39 is 11.6 Å². The standard InChI is InChI=1S/C17H32N4O/c1-5-10-21-11-8-17(13-18,9-12-21)20-15(22)14(19)6-7-16(2,3)4/h14H,5-12,19H2,1-4H3,(H,20,22). The van der Waals surface area contributed by atoms with E-state index in [1.807, 2.05) is 0 Å². The summed E-state index contributed by atoms with van der Waals surface area (Å²) in [5, 5.41) is 12.5. The first-order chi connectivity index (χ1) is 10.2. The van der Waals surface area contributed by atoms with E-state index in [1.165, 1.54) is 0 Å². The molecule has 1 aliphatic rings. The molecule has 1 fully saturated rings. The Balaban J connectivity index is 2.52. The highest BCUT2D eigenvalue weighted by Gasteiger charge is 2.37. The van der Waals surface area contributed by atoms with Gasteiger partial charge in [0.2, 0.25) is 5.91 Å². The molecule has 22 heavy (non-hydrogen) atoms. The third-order valence-corrected chi connectivity index (χ3v) is 4.37. The number of hydrogen-bond donors (Lipinski definition) is 2. The zero-order chi connectivity index (χ0) is 16.8. The Morgan fingerprint density at radius 1 is 1.41 bits per heavy atom. The van der Waals surface area contributed by atoms with Crippen molar-refractivity contribution in [3.63, 3.8) is 0 Å². The first-order valence-electron chi connectivity index (χ1n) is 8.42. The van der Waals surface area contributed by atoms with Crippen molar-refractivity contribution in [2.45, 2.75) is 71.4 Å². The van der Waals surface area contributed by atoms with Crippen LogP contribution in [0, 0.1) is 16.7 Å². The van der Waals surface area contributed by atoms with Gasteiger partial charge in [0.25, 0.3) is 0 Å². The van der Waals surface area contributed by atoms with Crippen LogP contribution >= 0.6 is 0 Å². The summed E-state index contributed by atoms with van der Waals surface area (Å²) in [5.74, 6) is -0.185. The van der Waals surface area contributed by atoms with Crippen molar-refractivity contribution in [3.8, 4) is 6.07 Å². The van der Waals surface area contributed by atoms with Gasteiger partial charge < -0.3 is 16.0 Å². The van der Waals surface area contributed by atoms with Gasteiger partial charge in [-0.2, -0.15) is 5.26 Å². The van der Waals surface area contributed by atoms with Gasteiger partial charge in [-0.25, -0.2) is 0 Å². The van der Waals surface area contributed by atoms with Crippen LogP contribution in [0.4, 0.5) is 0 Å². The molecule has 1 rings (SSSR count). The summed E-state index contributed by atoms with van der Waals surface area (Å²) in [5.41, 5.74) is 5.43. The van der Waals surface area contributed by atoms with E-state index in [2.05, 4.69) is 44.0 Å². The number of nitrogens with two attached hydrogens (primary N) is 1. The average molecular weight is 308 g/mol. The van der Waals surface area contributed by atoms with Crippen LogP contribution in [0.25, 0.3) is 0 Å². The fraction of sp³-hybridized carbons (Fsp3) is 0.882. The summed E-state index contributed by atoms with van der Waals surface area (Å²) in [6.45, 7) is 11.3. The number of piperidine rings is 1. The van der Waals surface area contributed by atoms with Crippen LogP contribution in [-0.2, 0) is 4.79 Å². The lowest BCUT2D eigenvalue weighted by molar-refractivity contribution is -0.124. The third-order valence-electron chi connectivity index (χ3n) is 4.37. The molecule has 1 saturated heterocycles. The SMILES string of the molecule is CCCN1CCC(C#N)(NC(=O)C(N)CCC(C)(C)C)CC1. The molecular formula is C17H32N4O. The Morgan fingerprint density at radius 2 is 2.00 bits per heavy atom. The van der Waals surface area contributed by atoms with Crippen molar-refractivity contribution in [2.75, 3.05) is 19.6 Å². The van der Waals surface area contributed by atoms with Gasteiger partial charge in [-0.1, -0.05) is 27.7 Å². The Labute approximate surface area is 135 Å². The summed E-state index contributed by atoms with van der Waals surface area (Å²) < 4.78 is 0. The Kier molecular flexibility index (Phi) is 6.83. The minimum atomic E-state index is -0.735. The van der Waals surface area contributed by atoms with Gasteiger partial charge in [0.15, 0.2) is 0 Å². The molecule has 5 heteroatoms. The smallest absolute Gasteiger partial charge is 0.238 e. The van der Waals surface area contributed by atoms with Crippen molar-refractivity contribution < 1.29 is 4.79 Å². The second-order valence-electron chi connectivity index (χ2n) is 7.73. The fourth-order valence-corrected chi connectivity index (χ4v) is 2.79. The van der Waals surface area contributed by atoms with Gasteiger partial charge in [0.1, 0.15) is 5.54 Å². The van der Waals surface area contributed by atoms with E-state index in [-0.39, 0.29) is 11.3 Å². The van der Waals surface area contributed by atoms with Gasteiger partial charge >= 0.3 is 0 Å². The molecule has 0 radical (unpaired) electrons. The second-order valence-corrected chi connectivity index (χ2v) is 7.73. The Morgan fingerprint density at radius 3 is 2.45 bits per heavy atom. The number of nitrogens with zero attached hydrogens (tertiary/aromatic N) is 2. The van der Waals surface area contributed by atoms with Crippen molar-refractivity contribution in [1.82, 2.24) is 10.2 Å². The molecule has 1 unspecified atom stereocenters. The van der Waals surface area contributed by atoms with Crippen LogP contribution in [0.15, 0.2) is 0 Å². The molecule has 0 saturated carbocycles. The molecule has 1 atom stereocenters. The largest absolute Gasteiger partial charge is 0.336 e. The van der Waals surface area contributed by atoms with E-state index in [0.717, 1.165) is 32.5 Å². The number of rotatable bonds is 6. The van der Waals surface area contributed by atoms with Crippen molar-refractivity contribution >= 4 is 5.91 Å². The molecule has 126 valence electrons. The van der Waals surface area contributed by atoms with Crippen LogP contribution < -0.4 is 11.1 Å². The average Bonchev–Trinajstić information content (AvgIpc) is 2.46. The predicted molar refractivity (Wildman–Crippen MR) is 89.1 cm³/mol. The molecule has 1 heterocycles. The molecule has 0 aromatic carbocycles. The minimum Gasteiger partial charge on any atom is -0.336 e. The maximum atomic E-state index is 12.3. The van der Waals surface area contributed by atoms with Crippen LogP contribution in [0.2, 0.25) is 0 Å². The summed E-state index contributed by atoms with van der Waals surface area (Å²) in [4.78, 5) is 14.6. The lowest BCUT2D eigenvalue weighted by Gasteiger charge is -2.38. The molecule has 1 amide bonds. The summed E-state index contributed by atoms with van der Waals surface area (Å²) in [6, 6.07) is 1.79. The van der Waals surface area contributed by atoms with Gasteiger partial charge in [0.05, 0.1) is 12.1 Å². The highest BCUT2D eigenvalue weighted by atomic mass is 16.2. The van der Waals surface area contributed by atoms with Crippen LogP contribution in [0.3, 0.4) is 0 Å². The fourth-order valence-electron chi connectivity index (χ4n) is 2.79. The zero-order valence-corrected chi connectivity index (χ0v) is 14.6.